The first kappa shape index (κ1) is 17.3. The number of para-hydroxylation sites is 1. The normalized spacial score (nSPS) is 9.92. The zero-order chi connectivity index (χ0) is 17.4. The molecule has 6 heteroatoms. The van der Waals surface area contributed by atoms with Crippen LogP contribution in [0.1, 0.15) is 6.42 Å². The fraction of sp³-hybridized carbons (Fsp3) is 0.222. The summed E-state index contributed by atoms with van der Waals surface area (Å²) in [5.41, 5.74) is 1.33. The number of carbonyl (C=O) groups excluding carboxylic acids is 2. The third-order valence-corrected chi connectivity index (χ3v) is 3.33. The van der Waals surface area contributed by atoms with Gasteiger partial charge in [-0.1, -0.05) is 18.2 Å². The van der Waals surface area contributed by atoms with E-state index >= 15 is 0 Å². The molecule has 126 valence electrons. The van der Waals surface area contributed by atoms with E-state index in [0.29, 0.717) is 18.0 Å². The molecule has 0 unspecified atom stereocenters. The Morgan fingerprint density at radius 2 is 1.71 bits per heavy atom. The molecule has 0 saturated heterocycles. The van der Waals surface area contributed by atoms with Crippen molar-refractivity contribution < 1.29 is 19.1 Å². The summed E-state index contributed by atoms with van der Waals surface area (Å²) in [5.74, 6) is 0.598. The molecule has 0 heterocycles. The highest BCUT2D eigenvalue weighted by Gasteiger charge is 2.10. The van der Waals surface area contributed by atoms with Gasteiger partial charge in [0.2, 0.25) is 5.91 Å². The van der Waals surface area contributed by atoms with Gasteiger partial charge in [0, 0.05) is 18.4 Å². The molecule has 0 fully saturated rings. The topological polar surface area (TPSA) is 67.9 Å². The van der Waals surface area contributed by atoms with Crippen LogP contribution >= 0.6 is 0 Å². The number of hydrogen-bond donors (Lipinski definition) is 1. The predicted molar refractivity (Wildman–Crippen MR) is 92.4 cm³/mol. The second-order valence-electron chi connectivity index (χ2n) is 5.04. The minimum absolute atomic E-state index is 0.139. The quantitative estimate of drug-likeness (QED) is 0.883. The Bertz CT molecular complexity index is 671. The first-order valence-corrected chi connectivity index (χ1v) is 7.49. The van der Waals surface area contributed by atoms with Gasteiger partial charge in [-0.25, -0.2) is 4.79 Å². The molecule has 6 nitrogen and oxygen atoms in total. The van der Waals surface area contributed by atoms with Gasteiger partial charge in [0.05, 0.1) is 20.1 Å². The molecule has 0 aromatic heterocycles. The molecule has 0 atom stereocenters. The van der Waals surface area contributed by atoms with E-state index in [2.05, 4.69) is 10.1 Å². The lowest BCUT2D eigenvalue weighted by atomic mass is 10.2. The van der Waals surface area contributed by atoms with Crippen molar-refractivity contribution >= 4 is 23.4 Å². The van der Waals surface area contributed by atoms with Crippen LogP contribution < -0.4 is 15.0 Å². The van der Waals surface area contributed by atoms with E-state index in [1.807, 2.05) is 30.3 Å². The Balaban J connectivity index is 1.80. The van der Waals surface area contributed by atoms with Crippen LogP contribution in [0.4, 0.5) is 16.2 Å². The summed E-state index contributed by atoms with van der Waals surface area (Å²) >= 11 is 0. The molecule has 2 aromatic rings. The van der Waals surface area contributed by atoms with Crippen LogP contribution in [0.5, 0.6) is 5.75 Å². The summed E-state index contributed by atoms with van der Waals surface area (Å²) in [5, 5.41) is 2.78. The van der Waals surface area contributed by atoms with Gasteiger partial charge in [0.25, 0.3) is 0 Å². The summed E-state index contributed by atoms with van der Waals surface area (Å²) in [4.78, 5) is 24.7. The second kappa shape index (κ2) is 8.57. The van der Waals surface area contributed by atoms with Crippen LogP contribution in [-0.2, 0) is 9.53 Å². The smallest absolute Gasteiger partial charge is 0.413 e. The first-order chi connectivity index (χ1) is 11.6. The molecule has 24 heavy (non-hydrogen) atoms. The SMILES string of the molecule is COC(=O)N(C)c1ccc(NC(=O)CCOc2ccccc2)cc1. The molecular formula is C18H20N2O4. The van der Waals surface area contributed by atoms with Crippen LogP contribution in [0.3, 0.4) is 0 Å². The molecule has 0 aliphatic rings. The highest BCUT2D eigenvalue weighted by Crippen LogP contribution is 2.17. The number of amides is 2. The van der Waals surface area contributed by atoms with Gasteiger partial charge in [-0.05, 0) is 36.4 Å². The minimum Gasteiger partial charge on any atom is -0.493 e. The van der Waals surface area contributed by atoms with Crippen molar-refractivity contribution in [1.29, 1.82) is 0 Å². The number of nitrogens with zero attached hydrogens (tertiary/aromatic N) is 1. The summed E-state index contributed by atoms with van der Waals surface area (Å²) in [6.45, 7) is 0.305. The Hall–Kier alpha value is -3.02. The number of carbonyl (C=O) groups is 2. The van der Waals surface area contributed by atoms with E-state index in [4.69, 9.17) is 4.74 Å². The van der Waals surface area contributed by atoms with E-state index in [-0.39, 0.29) is 12.3 Å². The van der Waals surface area contributed by atoms with Crippen LogP contribution in [0.25, 0.3) is 0 Å². The lowest BCUT2D eigenvalue weighted by Gasteiger charge is -2.16. The standard InChI is InChI=1S/C18H20N2O4/c1-20(18(22)23-2)15-10-8-14(9-11-15)19-17(21)12-13-24-16-6-4-3-5-7-16/h3-11H,12-13H2,1-2H3,(H,19,21). The predicted octanol–water partition coefficient (Wildman–Crippen LogP) is 3.30. The average molecular weight is 328 g/mol. The molecule has 1 N–H and O–H groups in total. The van der Waals surface area contributed by atoms with Gasteiger partial charge in [-0.15, -0.1) is 0 Å². The number of methoxy groups -OCH3 is 1. The van der Waals surface area contributed by atoms with Crippen LogP contribution in [0.2, 0.25) is 0 Å². The number of benzene rings is 2. The highest BCUT2D eigenvalue weighted by molar-refractivity contribution is 5.91. The van der Waals surface area contributed by atoms with Crippen molar-refractivity contribution in [3.8, 4) is 5.75 Å². The molecule has 0 aliphatic heterocycles. The van der Waals surface area contributed by atoms with E-state index in [1.54, 1.807) is 31.3 Å². The first-order valence-electron chi connectivity index (χ1n) is 7.49. The van der Waals surface area contributed by atoms with E-state index in [0.717, 1.165) is 5.75 Å². The minimum atomic E-state index is -0.454. The number of ether oxygens (including phenoxy) is 2. The Labute approximate surface area is 141 Å². The molecule has 0 saturated carbocycles. The van der Waals surface area contributed by atoms with E-state index < -0.39 is 6.09 Å². The van der Waals surface area contributed by atoms with Crippen molar-refractivity contribution in [3.63, 3.8) is 0 Å². The monoisotopic (exact) mass is 328 g/mol. The van der Waals surface area contributed by atoms with Gasteiger partial charge < -0.3 is 14.8 Å². The Morgan fingerprint density at radius 1 is 1.04 bits per heavy atom. The van der Waals surface area contributed by atoms with Crippen molar-refractivity contribution in [3.05, 3.63) is 54.6 Å². The lowest BCUT2D eigenvalue weighted by molar-refractivity contribution is -0.116. The average Bonchev–Trinajstić information content (AvgIpc) is 2.62. The van der Waals surface area contributed by atoms with Crippen LogP contribution in [0, 0.1) is 0 Å². The number of rotatable bonds is 6. The largest absolute Gasteiger partial charge is 0.493 e. The van der Waals surface area contributed by atoms with Gasteiger partial charge in [-0.3, -0.25) is 9.69 Å². The number of anilines is 2. The third kappa shape index (κ3) is 5.01. The molecule has 0 radical (unpaired) electrons. The molecule has 2 aromatic carbocycles. The zero-order valence-corrected chi connectivity index (χ0v) is 13.7. The van der Waals surface area contributed by atoms with Gasteiger partial charge in [-0.2, -0.15) is 0 Å². The second-order valence-corrected chi connectivity index (χ2v) is 5.04. The lowest BCUT2D eigenvalue weighted by Crippen LogP contribution is -2.25. The third-order valence-electron chi connectivity index (χ3n) is 3.33. The summed E-state index contributed by atoms with van der Waals surface area (Å²) in [7, 11) is 2.94. The Kier molecular flexibility index (Phi) is 6.19. The maximum Gasteiger partial charge on any atom is 0.413 e. The number of nitrogens with one attached hydrogen (secondary N) is 1. The summed E-state index contributed by atoms with van der Waals surface area (Å²) in [6.07, 6.45) is -0.205. The van der Waals surface area contributed by atoms with Crippen LogP contribution in [-0.4, -0.2) is 32.8 Å². The maximum atomic E-state index is 11.9. The fourth-order valence-corrected chi connectivity index (χ4v) is 2.01. The molecule has 0 aliphatic carbocycles. The van der Waals surface area contributed by atoms with Crippen molar-refractivity contribution in [2.24, 2.45) is 0 Å². The Morgan fingerprint density at radius 3 is 2.33 bits per heavy atom. The van der Waals surface area contributed by atoms with Gasteiger partial charge in [0.15, 0.2) is 0 Å². The zero-order valence-electron chi connectivity index (χ0n) is 13.7. The molecule has 0 spiro atoms. The van der Waals surface area contributed by atoms with Gasteiger partial charge in [0.1, 0.15) is 5.75 Å². The van der Waals surface area contributed by atoms with Gasteiger partial charge >= 0.3 is 6.09 Å². The summed E-state index contributed by atoms with van der Waals surface area (Å²) in [6, 6.07) is 16.3. The van der Waals surface area contributed by atoms with Crippen molar-refractivity contribution in [2.45, 2.75) is 6.42 Å². The van der Waals surface area contributed by atoms with Crippen LogP contribution in [0.15, 0.2) is 54.6 Å². The summed E-state index contributed by atoms with van der Waals surface area (Å²) < 4.78 is 10.1. The maximum absolute atomic E-state index is 11.9. The number of hydrogen-bond acceptors (Lipinski definition) is 4. The molecule has 0 bridgehead atoms. The molecular weight excluding hydrogens is 308 g/mol. The van der Waals surface area contributed by atoms with Crippen molar-refractivity contribution in [1.82, 2.24) is 0 Å². The highest BCUT2D eigenvalue weighted by atomic mass is 16.5. The van der Waals surface area contributed by atoms with E-state index in [1.165, 1.54) is 12.0 Å². The molecule has 2 amide bonds. The van der Waals surface area contributed by atoms with Crippen molar-refractivity contribution in [2.75, 3.05) is 31.0 Å². The molecule has 2 rings (SSSR count). The van der Waals surface area contributed by atoms with E-state index in [9.17, 15) is 9.59 Å². The fourth-order valence-electron chi connectivity index (χ4n) is 2.01.